The van der Waals surface area contributed by atoms with Gasteiger partial charge >= 0.3 is 12.0 Å². The number of carbonyl (C=O) groups is 3. The summed E-state index contributed by atoms with van der Waals surface area (Å²) in [6.07, 6.45) is 5.12. The molecule has 7 nitrogen and oxygen atoms in total. The molecule has 0 bridgehead atoms. The Hall–Kier alpha value is -2.05. The largest absolute Gasteiger partial charge is 0.481 e. The summed E-state index contributed by atoms with van der Waals surface area (Å²) in [5.74, 6) is -2.10. The molecule has 1 aliphatic carbocycles. The van der Waals surface area contributed by atoms with Gasteiger partial charge in [-0.05, 0) is 19.3 Å². The van der Waals surface area contributed by atoms with Crippen molar-refractivity contribution < 1.29 is 19.5 Å². The molecular formula is C13H19N3O4. The summed E-state index contributed by atoms with van der Waals surface area (Å²) in [7, 11) is 0. The van der Waals surface area contributed by atoms with E-state index in [1.807, 2.05) is 0 Å². The fourth-order valence-electron chi connectivity index (χ4n) is 2.63. The number of hydrogen-bond donors (Lipinski definition) is 3. The number of rotatable bonds is 3. The molecular weight excluding hydrogens is 262 g/mol. The standard InChI is InChI=1S/C13H19N3O4/c14-11(17)9-2-1-5-16(7-9)13(20)15-10-4-3-8(6-10)12(18)19/h3-4,8-10H,1-2,5-7H2,(H2,14,17)(H,15,20)(H,18,19). The second-order valence-corrected chi connectivity index (χ2v) is 5.31. The molecule has 4 N–H and O–H groups in total. The molecule has 1 aliphatic heterocycles. The van der Waals surface area contributed by atoms with Gasteiger partial charge in [-0.25, -0.2) is 4.79 Å². The van der Waals surface area contributed by atoms with Crippen molar-refractivity contribution in [3.8, 4) is 0 Å². The van der Waals surface area contributed by atoms with Crippen LogP contribution < -0.4 is 11.1 Å². The molecule has 2 rings (SSSR count). The number of likely N-dealkylation sites (tertiary alicyclic amines) is 1. The lowest BCUT2D eigenvalue weighted by molar-refractivity contribution is -0.140. The highest BCUT2D eigenvalue weighted by molar-refractivity contribution is 5.80. The second kappa shape index (κ2) is 5.94. The molecule has 1 saturated heterocycles. The third-order valence-corrected chi connectivity index (χ3v) is 3.82. The molecule has 0 spiro atoms. The molecule has 3 atom stereocenters. The average Bonchev–Trinajstić information content (AvgIpc) is 2.87. The molecule has 0 aromatic heterocycles. The number of amides is 3. The highest BCUT2D eigenvalue weighted by Crippen LogP contribution is 2.20. The molecule has 20 heavy (non-hydrogen) atoms. The van der Waals surface area contributed by atoms with Crippen LogP contribution in [-0.2, 0) is 9.59 Å². The SMILES string of the molecule is NC(=O)C1CCCN(C(=O)NC2C=CC(C(=O)O)C2)C1. The minimum atomic E-state index is -0.884. The van der Waals surface area contributed by atoms with Crippen LogP contribution in [0.25, 0.3) is 0 Å². The Morgan fingerprint density at radius 3 is 2.65 bits per heavy atom. The first-order chi connectivity index (χ1) is 9.47. The van der Waals surface area contributed by atoms with Crippen molar-refractivity contribution in [1.29, 1.82) is 0 Å². The number of nitrogens with two attached hydrogens (primary N) is 1. The van der Waals surface area contributed by atoms with Crippen molar-refractivity contribution >= 4 is 17.9 Å². The van der Waals surface area contributed by atoms with Crippen molar-refractivity contribution in [3.63, 3.8) is 0 Å². The van der Waals surface area contributed by atoms with Gasteiger partial charge in [-0.3, -0.25) is 9.59 Å². The van der Waals surface area contributed by atoms with E-state index >= 15 is 0 Å². The van der Waals surface area contributed by atoms with Gasteiger partial charge in [0, 0.05) is 13.1 Å². The Balaban J connectivity index is 1.85. The number of urea groups is 1. The zero-order valence-electron chi connectivity index (χ0n) is 11.1. The molecule has 0 aromatic carbocycles. The molecule has 0 radical (unpaired) electrons. The Morgan fingerprint density at radius 2 is 2.05 bits per heavy atom. The van der Waals surface area contributed by atoms with Crippen molar-refractivity contribution in [2.45, 2.75) is 25.3 Å². The molecule has 0 saturated carbocycles. The molecule has 3 amide bonds. The number of primary amides is 1. The van der Waals surface area contributed by atoms with E-state index in [4.69, 9.17) is 10.8 Å². The van der Waals surface area contributed by atoms with Gasteiger partial charge in [-0.15, -0.1) is 0 Å². The predicted octanol–water partition coefficient (Wildman–Crippen LogP) is -0.0774. The zero-order valence-corrected chi connectivity index (χ0v) is 11.1. The van der Waals surface area contributed by atoms with Crippen LogP contribution in [0.2, 0.25) is 0 Å². The topological polar surface area (TPSA) is 113 Å². The van der Waals surface area contributed by atoms with E-state index < -0.39 is 11.9 Å². The van der Waals surface area contributed by atoms with E-state index in [1.54, 1.807) is 17.1 Å². The lowest BCUT2D eigenvalue weighted by atomic mass is 9.98. The van der Waals surface area contributed by atoms with Crippen LogP contribution in [0, 0.1) is 11.8 Å². The first-order valence-corrected chi connectivity index (χ1v) is 6.73. The Bertz CT molecular complexity index is 449. The van der Waals surface area contributed by atoms with Gasteiger partial charge in [0.2, 0.25) is 5.91 Å². The van der Waals surface area contributed by atoms with Crippen LogP contribution in [0.1, 0.15) is 19.3 Å². The number of carboxylic acid groups (broad SMARTS) is 1. The monoisotopic (exact) mass is 281 g/mol. The summed E-state index contributed by atoms with van der Waals surface area (Å²) >= 11 is 0. The fourth-order valence-corrected chi connectivity index (χ4v) is 2.63. The first kappa shape index (κ1) is 14.4. The molecule has 7 heteroatoms. The van der Waals surface area contributed by atoms with Crippen LogP contribution in [-0.4, -0.2) is 47.0 Å². The van der Waals surface area contributed by atoms with Crippen molar-refractivity contribution in [3.05, 3.63) is 12.2 Å². The number of hydrogen-bond acceptors (Lipinski definition) is 3. The minimum absolute atomic E-state index is 0.266. The van der Waals surface area contributed by atoms with E-state index in [1.165, 1.54) is 0 Å². The van der Waals surface area contributed by atoms with Gasteiger partial charge in [0.1, 0.15) is 0 Å². The average molecular weight is 281 g/mol. The van der Waals surface area contributed by atoms with E-state index in [9.17, 15) is 14.4 Å². The second-order valence-electron chi connectivity index (χ2n) is 5.31. The summed E-state index contributed by atoms with van der Waals surface area (Å²) < 4.78 is 0. The van der Waals surface area contributed by atoms with Gasteiger partial charge in [0.15, 0.2) is 0 Å². The molecule has 1 fully saturated rings. The number of piperidine rings is 1. The zero-order chi connectivity index (χ0) is 14.7. The Morgan fingerprint density at radius 1 is 1.30 bits per heavy atom. The maximum absolute atomic E-state index is 12.1. The highest BCUT2D eigenvalue weighted by atomic mass is 16.4. The predicted molar refractivity (Wildman–Crippen MR) is 70.7 cm³/mol. The van der Waals surface area contributed by atoms with Crippen LogP contribution in [0.3, 0.4) is 0 Å². The quantitative estimate of drug-likeness (QED) is 0.628. The lowest BCUT2D eigenvalue weighted by Crippen LogP contribution is -2.50. The number of nitrogens with zero attached hydrogens (tertiary/aromatic N) is 1. The fraction of sp³-hybridized carbons (Fsp3) is 0.615. The number of aliphatic carboxylic acids is 1. The molecule has 110 valence electrons. The van der Waals surface area contributed by atoms with Gasteiger partial charge < -0.3 is 21.1 Å². The van der Waals surface area contributed by atoms with Crippen molar-refractivity contribution in [2.24, 2.45) is 17.6 Å². The molecule has 0 aromatic rings. The third-order valence-electron chi connectivity index (χ3n) is 3.82. The third kappa shape index (κ3) is 3.28. The molecule has 2 aliphatic rings. The van der Waals surface area contributed by atoms with Gasteiger partial charge in [-0.1, -0.05) is 12.2 Å². The van der Waals surface area contributed by atoms with Crippen LogP contribution in [0.15, 0.2) is 12.2 Å². The minimum Gasteiger partial charge on any atom is -0.481 e. The van der Waals surface area contributed by atoms with Gasteiger partial charge in [0.05, 0.1) is 17.9 Å². The lowest BCUT2D eigenvalue weighted by Gasteiger charge is -2.32. The maximum atomic E-state index is 12.1. The first-order valence-electron chi connectivity index (χ1n) is 6.73. The van der Waals surface area contributed by atoms with E-state index in [0.717, 1.165) is 6.42 Å². The Labute approximate surface area is 116 Å². The van der Waals surface area contributed by atoms with Crippen molar-refractivity contribution in [1.82, 2.24) is 10.2 Å². The van der Waals surface area contributed by atoms with Gasteiger partial charge in [-0.2, -0.15) is 0 Å². The van der Waals surface area contributed by atoms with Crippen LogP contribution in [0.5, 0.6) is 0 Å². The Kier molecular flexibility index (Phi) is 4.26. The van der Waals surface area contributed by atoms with E-state index in [-0.39, 0.29) is 23.9 Å². The van der Waals surface area contributed by atoms with Crippen molar-refractivity contribution in [2.75, 3.05) is 13.1 Å². The maximum Gasteiger partial charge on any atom is 0.317 e. The summed E-state index contributed by atoms with van der Waals surface area (Å²) in [4.78, 5) is 35.6. The summed E-state index contributed by atoms with van der Waals surface area (Å²) in [6, 6.07) is -0.533. The van der Waals surface area contributed by atoms with Crippen LogP contribution >= 0.6 is 0 Å². The number of carboxylic acids is 1. The van der Waals surface area contributed by atoms with E-state index in [0.29, 0.717) is 25.9 Å². The summed E-state index contributed by atoms with van der Waals surface area (Å²) in [5, 5.41) is 11.7. The highest BCUT2D eigenvalue weighted by Gasteiger charge is 2.30. The number of carbonyl (C=O) groups excluding carboxylic acids is 2. The van der Waals surface area contributed by atoms with E-state index in [2.05, 4.69) is 5.32 Å². The normalized spacial score (nSPS) is 29.2. The summed E-state index contributed by atoms with van der Waals surface area (Å²) in [5.41, 5.74) is 5.27. The molecule has 3 unspecified atom stereocenters. The summed E-state index contributed by atoms with van der Waals surface area (Å²) in [6.45, 7) is 0.925. The van der Waals surface area contributed by atoms with Gasteiger partial charge in [0.25, 0.3) is 0 Å². The number of nitrogens with one attached hydrogen (secondary N) is 1. The smallest absolute Gasteiger partial charge is 0.317 e. The van der Waals surface area contributed by atoms with Crippen LogP contribution in [0.4, 0.5) is 4.79 Å². The molecule has 1 heterocycles.